The van der Waals surface area contributed by atoms with Crippen molar-refractivity contribution >= 4 is 11.8 Å². The number of nitrogens with zero attached hydrogens (tertiary/aromatic N) is 3. The largest absolute Gasteiger partial charge is 0.356 e. The summed E-state index contributed by atoms with van der Waals surface area (Å²) in [5, 5.41) is 3.33. The van der Waals surface area contributed by atoms with Crippen LogP contribution in [0.25, 0.3) is 0 Å². The molecule has 1 aromatic heterocycles. The van der Waals surface area contributed by atoms with E-state index in [1.54, 1.807) is 0 Å². The molecule has 0 aliphatic carbocycles. The van der Waals surface area contributed by atoms with E-state index in [4.69, 9.17) is 10.7 Å². The summed E-state index contributed by atoms with van der Waals surface area (Å²) in [7, 11) is 0. The van der Waals surface area contributed by atoms with Gasteiger partial charge in [0, 0.05) is 31.9 Å². The van der Waals surface area contributed by atoms with Gasteiger partial charge in [-0.05, 0) is 42.4 Å². The first-order valence-corrected chi connectivity index (χ1v) is 9.09. The van der Waals surface area contributed by atoms with E-state index in [9.17, 15) is 0 Å². The molecule has 1 atom stereocenters. The summed E-state index contributed by atoms with van der Waals surface area (Å²) in [5.74, 6) is 1.69. The van der Waals surface area contributed by atoms with Gasteiger partial charge in [-0.2, -0.15) is 4.98 Å². The fraction of sp³-hybridized carbons (Fsp3) is 0.500. The van der Waals surface area contributed by atoms with Crippen molar-refractivity contribution in [3.8, 4) is 0 Å². The number of hydrogen-bond donors (Lipinski definition) is 2. The van der Waals surface area contributed by atoms with Crippen LogP contribution in [0.5, 0.6) is 0 Å². The van der Waals surface area contributed by atoms with Crippen LogP contribution in [0.1, 0.15) is 50.8 Å². The van der Waals surface area contributed by atoms with Crippen molar-refractivity contribution in [1.82, 2.24) is 9.97 Å². The summed E-state index contributed by atoms with van der Waals surface area (Å²) in [6.45, 7) is 9.46. The number of nitrogens with two attached hydrogens (primary N) is 1. The van der Waals surface area contributed by atoms with E-state index in [0.717, 1.165) is 24.5 Å². The molecule has 0 radical (unpaired) electrons. The Morgan fingerprint density at radius 3 is 2.68 bits per heavy atom. The number of piperidine rings is 1. The molecule has 1 aromatic carbocycles. The molecule has 5 heteroatoms. The van der Waals surface area contributed by atoms with Crippen LogP contribution in [0.4, 0.5) is 11.8 Å². The second kappa shape index (κ2) is 7.40. The van der Waals surface area contributed by atoms with Crippen LogP contribution in [0.15, 0.2) is 36.5 Å². The molecule has 1 fully saturated rings. The molecular weight excluding hydrogens is 310 g/mol. The van der Waals surface area contributed by atoms with Gasteiger partial charge in [-0.1, -0.05) is 38.1 Å². The van der Waals surface area contributed by atoms with Crippen LogP contribution in [-0.2, 0) is 6.54 Å². The number of rotatable bonds is 5. The summed E-state index contributed by atoms with van der Waals surface area (Å²) in [6.07, 6.45) is 4.33. The maximum Gasteiger partial charge on any atom is 0.224 e. The molecular formula is C20H29N5. The Bertz CT molecular complexity index is 693. The lowest BCUT2D eigenvalue weighted by Crippen LogP contribution is -2.40. The molecule has 5 nitrogen and oxygen atoms in total. The molecule has 1 saturated heterocycles. The molecule has 0 unspecified atom stereocenters. The fourth-order valence-corrected chi connectivity index (χ4v) is 3.35. The number of hydrogen-bond acceptors (Lipinski definition) is 5. The molecule has 2 heterocycles. The number of aromatic nitrogens is 2. The molecule has 0 saturated carbocycles. The average molecular weight is 339 g/mol. The summed E-state index contributed by atoms with van der Waals surface area (Å²) in [6, 6.07) is 10.4. The summed E-state index contributed by atoms with van der Waals surface area (Å²) < 4.78 is 0. The maximum absolute atomic E-state index is 5.90. The quantitative estimate of drug-likeness (QED) is 0.869. The Morgan fingerprint density at radius 2 is 2.00 bits per heavy atom. The van der Waals surface area contributed by atoms with Gasteiger partial charge >= 0.3 is 0 Å². The Morgan fingerprint density at radius 1 is 1.24 bits per heavy atom. The molecule has 0 spiro atoms. The van der Waals surface area contributed by atoms with Crippen LogP contribution in [0.3, 0.4) is 0 Å². The number of anilines is 2. The van der Waals surface area contributed by atoms with Crippen molar-refractivity contribution in [2.24, 2.45) is 11.1 Å². The second-order valence-corrected chi connectivity index (χ2v) is 7.81. The van der Waals surface area contributed by atoms with Crippen molar-refractivity contribution in [3.05, 3.63) is 47.7 Å². The SMILES string of the molecule is C[C@@H](N)c1ccc(CNc2nccc(N3CCCC(C)(C)C3)n2)cc1. The van der Waals surface area contributed by atoms with Crippen molar-refractivity contribution in [2.75, 3.05) is 23.3 Å². The predicted molar refractivity (Wildman–Crippen MR) is 104 cm³/mol. The highest BCUT2D eigenvalue weighted by molar-refractivity contribution is 5.43. The van der Waals surface area contributed by atoms with E-state index in [2.05, 4.69) is 53.3 Å². The molecule has 134 valence electrons. The molecule has 3 N–H and O–H groups in total. The van der Waals surface area contributed by atoms with Crippen molar-refractivity contribution in [3.63, 3.8) is 0 Å². The molecule has 2 aromatic rings. The van der Waals surface area contributed by atoms with Crippen LogP contribution in [-0.4, -0.2) is 23.1 Å². The van der Waals surface area contributed by atoms with Crippen molar-refractivity contribution in [1.29, 1.82) is 0 Å². The lowest BCUT2D eigenvalue weighted by molar-refractivity contribution is 0.292. The van der Waals surface area contributed by atoms with Gasteiger partial charge in [-0.15, -0.1) is 0 Å². The first-order valence-electron chi connectivity index (χ1n) is 9.09. The molecule has 0 amide bonds. The summed E-state index contributed by atoms with van der Waals surface area (Å²) in [5.41, 5.74) is 8.58. The zero-order chi connectivity index (χ0) is 17.9. The van der Waals surface area contributed by atoms with E-state index in [1.165, 1.54) is 18.4 Å². The zero-order valence-electron chi connectivity index (χ0n) is 15.5. The van der Waals surface area contributed by atoms with Gasteiger partial charge in [0.2, 0.25) is 5.95 Å². The standard InChI is InChI=1S/C20H29N5/c1-15(21)17-7-5-16(6-8-17)13-23-19-22-11-9-18(24-19)25-12-4-10-20(2,3)14-25/h5-9,11,15H,4,10,12-14,21H2,1-3H3,(H,22,23,24)/t15-/m1/s1. The Balaban J connectivity index is 1.63. The van der Waals surface area contributed by atoms with Gasteiger partial charge in [0.05, 0.1) is 0 Å². The van der Waals surface area contributed by atoms with Gasteiger partial charge in [0.1, 0.15) is 5.82 Å². The van der Waals surface area contributed by atoms with Crippen LogP contribution < -0.4 is 16.0 Å². The first-order chi connectivity index (χ1) is 11.9. The van der Waals surface area contributed by atoms with Gasteiger partial charge in [0.25, 0.3) is 0 Å². The topological polar surface area (TPSA) is 67.1 Å². The third-order valence-corrected chi connectivity index (χ3v) is 4.82. The van der Waals surface area contributed by atoms with Gasteiger partial charge in [0.15, 0.2) is 0 Å². The predicted octanol–water partition coefficient (Wildman–Crippen LogP) is 3.73. The smallest absolute Gasteiger partial charge is 0.224 e. The lowest BCUT2D eigenvalue weighted by atomic mass is 9.84. The highest BCUT2D eigenvalue weighted by Crippen LogP contribution is 2.30. The Kier molecular flexibility index (Phi) is 5.23. The summed E-state index contributed by atoms with van der Waals surface area (Å²) in [4.78, 5) is 11.4. The molecule has 1 aliphatic rings. The molecule has 1 aliphatic heterocycles. The van der Waals surface area contributed by atoms with Gasteiger partial charge in [-0.25, -0.2) is 4.98 Å². The second-order valence-electron chi connectivity index (χ2n) is 7.81. The lowest BCUT2D eigenvalue weighted by Gasteiger charge is -2.38. The van der Waals surface area contributed by atoms with E-state index in [-0.39, 0.29) is 6.04 Å². The minimum atomic E-state index is 0.0656. The van der Waals surface area contributed by atoms with Crippen molar-refractivity contribution < 1.29 is 0 Å². The van der Waals surface area contributed by atoms with E-state index >= 15 is 0 Å². The molecule has 0 bridgehead atoms. The van der Waals surface area contributed by atoms with Gasteiger partial charge < -0.3 is 16.0 Å². The minimum Gasteiger partial charge on any atom is -0.356 e. The zero-order valence-corrected chi connectivity index (χ0v) is 15.5. The normalized spacial score (nSPS) is 18.0. The third kappa shape index (κ3) is 4.69. The monoisotopic (exact) mass is 339 g/mol. The summed E-state index contributed by atoms with van der Waals surface area (Å²) >= 11 is 0. The van der Waals surface area contributed by atoms with E-state index in [0.29, 0.717) is 17.9 Å². The molecule has 3 rings (SSSR count). The first kappa shape index (κ1) is 17.7. The van der Waals surface area contributed by atoms with Gasteiger partial charge in [-0.3, -0.25) is 0 Å². The van der Waals surface area contributed by atoms with Crippen molar-refractivity contribution in [2.45, 2.75) is 46.2 Å². The highest BCUT2D eigenvalue weighted by Gasteiger charge is 2.27. The van der Waals surface area contributed by atoms with Crippen LogP contribution >= 0.6 is 0 Å². The average Bonchev–Trinajstić information content (AvgIpc) is 2.60. The van der Waals surface area contributed by atoms with E-state index < -0.39 is 0 Å². The van der Waals surface area contributed by atoms with Crippen LogP contribution in [0.2, 0.25) is 0 Å². The Hall–Kier alpha value is -2.14. The number of benzene rings is 1. The third-order valence-electron chi connectivity index (χ3n) is 4.82. The van der Waals surface area contributed by atoms with E-state index in [1.807, 2.05) is 19.2 Å². The Labute approximate surface area is 150 Å². The van der Waals surface area contributed by atoms with Crippen LogP contribution in [0, 0.1) is 5.41 Å². The number of nitrogens with one attached hydrogen (secondary N) is 1. The minimum absolute atomic E-state index is 0.0656. The molecule has 25 heavy (non-hydrogen) atoms. The maximum atomic E-state index is 5.90. The highest BCUT2D eigenvalue weighted by atomic mass is 15.2. The fourth-order valence-electron chi connectivity index (χ4n) is 3.35.